The van der Waals surface area contributed by atoms with Crippen molar-refractivity contribution >= 4 is 16.5 Å². The molecule has 110 valence electrons. The van der Waals surface area contributed by atoms with Gasteiger partial charge >= 0.3 is 0 Å². The minimum absolute atomic E-state index is 0.0502. The van der Waals surface area contributed by atoms with Gasteiger partial charge in [-0.2, -0.15) is 0 Å². The Labute approximate surface area is 120 Å². The van der Waals surface area contributed by atoms with Crippen LogP contribution in [0, 0.1) is 0 Å². The smallest absolute Gasteiger partial charge is 0.163 e. The molecule has 3 atom stereocenters. The number of hydrogen-bond donors (Lipinski definition) is 1. The van der Waals surface area contributed by atoms with E-state index in [9.17, 15) is 4.21 Å². The Morgan fingerprint density at radius 3 is 2.60 bits per heavy atom. The third kappa shape index (κ3) is 2.62. The Morgan fingerprint density at radius 2 is 1.95 bits per heavy atom. The molecule has 1 aromatic rings. The predicted octanol–water partition coefficient (Wildman–Crippen LogP) is 1.47. The molecule has 0 amide bonds. The second-order valence-corrected chi connectivity index (χ2v) is 6.78. The lowest BCUT2D eigenvalue weighted by Crippen LogP contribution is -2.24. The molecule has 3 rings (SSSR count). The predicted molar refractivity (Wildman–Crippen MR) is 77.5 cm³/mol. The fourth-order valence-electron chi connectivity index (χ4n) is 2.59. The van der Waals surface area contributed by atoms with Crippen LogP contribution >= 0.6 is 0 Å². The van der Waals surface area contributed by atoms with E-state index < -0.39 is 10.8 Å². The van der Waals surface area contributed by atoms with Crippen molar-refractivity contribution in [1.29, 1.82) is 0 Å². The molecule has 1 fully saturated rings. The van der Waals surface area contributed by atoms with E-state index in [2.05, 4.69) is 0 Å². The van der Waals surface area contributed by atoms with Crippen molar-refractivity contribution in [2.75, 3.05) is 25.6 Å². The third-order valence-electron chi connectivity index (χ3n) is 3.75. The first-order valence-corrected chi connectivity index (χ1v) is 8.20. The van der Waals surface area contributed by atoms with Crippen LogP contribution in [0.4, 0.5) is 5.69 Å². The number of nitrogen functional groups attached to an aromatic ring is 1. The Morgan fingerprint density at radius 1 is 1.25 bits per heavy atom. The number of anilines is 1. The molecule has 0 spiro atoms. The van der Waals surface area contributed by atoms with Crippen LogP contribution in [-0.4, -0.2) is 35.4 Å². The van der Waals surface area contributed by atoms with Gasteiger partial charge in [-0.3, -0.25) is 4.21 Å². The van der Waals surface area contributed by atoms with Crippen LogP contribution in [0.3, 0.4) is 0 Å². The Kier molecular flexibility index (Phi) is 3.85. The molecular formula is C14H19NO4S. The van der Waals surface area contributed by atoms with Gasteiger partial charge in [-0.1, -0.05) is 0 Å². The second-order valence-electron chi connectivity index (χ2n) is 5.12. The maximum Gasteiger partial charge on any atom is 0.163 e. The standard InChI is InChI=1S/C14H19NO4S/c1-9-14(2-3-17-9)20(16)8-10-6-12-13(7-11(10)15)19-5-4-18-12/h6-7,9,14H,2-5,8,15H2,1H3. The second kappa shape index (κ2) is 5.61. The largest absolute Gasteiger partial charge is 0.486 e. The monoisotopic (exact) mass is 297 g/mol. The summed E-state index contributed by atoms with van der Waals surface area (Å²) in [6.07, 6.45) is 0.896. The first-order valence-electron chi connectivity index (χ1n) is 6.82. The highest BCUT2D eigenvalue weighted by Crippen LogP contribution is 2.35. The molecule has 6 heteroatoms. The average molecular weight is 297 g/mol. The fraction of sp³-hybridized carbons (Fsp3) is 0.571. The van der Waals surface area contributed by atoms with Crippen molar-refractivity contribution in [3.63, 3.8) is 0 Å². The van der Waals surface area contributed by atoms with E-state index in [4.69, 9.17) is 19.9 Å². The van der Waals surface area contributed by atoms with E-state index in [1.807, 2.05) is 13.0 Å². The van der Waals surface area contributed by atoms with Crippen LogP contribution < -0.4 is 15.2 Å². The summed E-state index contributed by atoms with van der Waals surface area (Å²) in [5.74, 6) is 1.79. The van der Waals surface area contributed by atoms with Crippen molar-refractivity contribution in [2.24, 2.45) is 0 Å². The quantitative estimate of drug-likeness (QED) is 0.855. The molecule has 3 unspecified atom stereocenters. The van der Waals surface area contributed by atoms with Crippen LogP contribution in [-0.2, 0) is 21.3 Å². The van der Waals surface area contributed by atoms with E-state index in [-0.39, 0.29) is 11.4 Å². The van der Waals surface area contributed by atoms with Gasteiger partial charge in [0.2, 0.25) is 0 Å². The van der Waals surface area contributed by atoms with E-state index in [0.717, 1.165) is 12.0 Å². The number of nitrogens with two attached hydrogens (primary N) is 1. The number of rotatable bonds is 3. The number of hydrogen-bond acceptors (Lipinski definition) is 5. The highest BCUT2D eigenvalue weighted by molar-refractivity contribution is 7.84. The molecule has 0 radical (unpaired) electrons. The molecule has 0 bridgehead atoms. The molecule has 0 saturated carbocycles. The summed E-state index contributed by atoms with van der Waals surface area (Å²) in [4.78, 5) is 0. The summed E-state index contributed by atoms with van der Waals surface area (Å²) >= 11 is 0. The topological polar surface area (TPSA) is 70.8 Å². The lowest BCUT2D eigenvalue weighted by Gasteiger charge is -2.21. The summed E-state index contributed by atoms with van der Waals surface area (Å²) in [6.45, 7) is 3.73. The normalized spacial score (nSPS) is 26.4. The number of benzene rings is 1. The van der Waals surface area contributed by atoms with Gasteiger partial charge in [-0.25, -0.2) is 0 Å². The lowest BCUT2D eigenvalue weighted by molar-refractivity contribution is 0.127. The minimum Gasteiger partial charge on any atom is -0.486 e. The average Bonchev–Trinajstić information content (AvgIpc) is 2.86. The Bertz CT molecular complexity index is 534. The highest BCUT2D eigenvalue weighted by atomic mass is 32.2. The Balaban J connectivity index is 1.78. The van der Waals surface area contributed by atoms with Crippen molar-refractivity contribution in [2.45, 2.75) is 30.5 Å². The molecule has 1 saturated heterocycles. The highest BCUT2D eigenvalue weighted by Gasteiger charge is 2.30. The van der Waals surface area contributed by atoms with E-state index in [1.165, 1.54) is 0 Å². The number of ether oxygens (including phenoxy) is 3. The third-order valence-corrected chi connectivity index (χ3v) is 5.64. The summed E-state index contributed by atoms with van der Waals surface area (Å²) in [6, 6.07) is 3.61. The van der Waals surface area contributed by atoms with Crippen LogP contribution in [0.1, 0.15) is 18.9 Å². The summed E-state index contributed by atoms with van der Waals surface area (Å²) in [5.41, 5.74) is 7.48. The maximum absolute atomic E-state index is 12.4. The Hall–Kier alpha value is -1.27. The zero-order valence-corrected chi connectivity index (χ0v) is 12.3. The lowest BCUT2D eigenvalue weighted by atomic mass is 10.2. The van der Waals surface area contributed by atoms with Gasteiger partial charge in [0.25, 0.3) is 0 Å². The van der Waals surface area contributed by atoms with E-state index in [0.29, 0.717) is 42.8 Å². The zero-order valence-electron chi connectivity index (χ0n) is 11.5. The van der Waals surface area contributed by atoms with E-state index >= 15 is 0 Å². The van der Waals surface area contributed by atoms with Gasteiger partial charge in [-0.05, 0) is 25.0 Å². The molecule has 20 heavy (non-hydrogen) atoms. The van der Waals surface area contributed by atoms with Gasteiger partial charge in [-0.15, -0.1) is 0 Å². The molecule has 0 aromatic heterocycles. The van der Waals surface area contributed by atoms with Gasteiger partial charge < -0.3 is 19.9 Å². The molecule has 0 aliphatic carbocycles. The first-order chi connectivity index (χ1) is 9.65. The zero-order chi connectivity index (χ0) is 14.1. The van der Waals surface area contributed by atoms with Gasteiger partial charge in [0.1, 0.15) is 13.2 Å². The van der Waals surface area contributed by atoms with Gasteiger partial charge in [0.15, 0.2) is 11.5 Å². The van der Waals surface area contributed by atoms with Gasteiger partial charge in [0, 0.05) is 29.2 Å². The molecule has 5 nitrogen and oxygen atoms in total. The molecule has 1 aromatic carbocycles. The molecule has 2 heterocycles. The summed E-state index contributed by atoms with van der Waals surface area (Å²) in [5, 5.41) is 0.0857. The van der Waals surface area contributed by atoms with E-state index in [1.54, 1.807) is 6.07 Å². The van der Waals surface area contributed by atoms with Crippen LogP contribution in [0.15, 0.2) is 12.1 Å². The summed E-state index contributed by atoms with van der Waals surface area (Å²) in [7, 11) is -0.989. The SMILES string of the molecule is CC1OCCC1S(=O)Cc1cc2c(cc1N)OCCO2. The molecule has 2 aliphatic rings. The minimum atomic E-state index is -0.989. The number of fused-ring (bicyclic) bond motifs is 1. The molecule has 2 N–H and O–H groups in total. The van der Waals surface area contributed by atoms with Crippen molar-refractivity contribution in [3.8, 4) is 11.5 Å². The van der Waals surface area contributed by atoms with Crippen molar-refractivity contribution < 1.29 is 18.4 Å². The van der Waals surface area contributed by atoms with Crippen LogP contribution in [0.25, 0.3) is 0 Å². The van der Waals surface area contributed by atoms with Crippen LogP contribution in [0.5, 0.6) is 11.5 Å². The maximum atomic E-state index is 12.4. The fourth-order valence-corrected chi connectivity index (χ4v) is 4.22. The van der Waals surface area contributed by atoms with Crippen molar-refractivity contribution in [1.82, 2.24) is 0 Å². The van der Waals surface area contributed by atoms with Crippen LogP contribution in [0.2, 0.25) is 0 Å². The summed E-state index contributed by atoms with van der Waals surface area (Å²) < 4.78 is 28.9. The van der Waals surface area contributed by atoms with Crippen molar-refractivity contribution in [3.05, 3.63) is 17.7 Å². The van der Waals surface area contributed by atoms with Gasteiger partial charge in [0.05, 0.1) is 17.1 Å². The molecule has 2 aliphatic heterocycles. The first kappa shape index (κ1) is 13.7. The molecular weight excluding hydrogens is 278 g/mol.